The number of halogens is 1. The van der Waals surface area contributed by atoms with Crippen LogP contribution in [0.5, 0.6) is 0 Å². The van der Waals surface area contributed by atoms with Crippen molar-refractivity contribution in [1.82, 2.24) is 19.8 Å². The van der Waals surface area contributed by atoms with Crippen LogP contribution in [0.2, 0.25) is 5.02 Å². The average Bonchev–Trinajstić information content (AvgIpc) is 3.16. The molecule has 4 rings (SSSR count). The molecule has 3 atom stereocenters. The molecule has 0 spiro atoms. The molecule has 0 bridgehead atoms. The minimum Gasteiger partial charge on any atom is -0.352 e. The molecule has 188 valence electrons. The smallest absolute Gasteiger partial charge is 0.245 e. The third kappa shape index (κ3) is 5.60. The fourth-order valence-electron chi connectivity index (χ4n) is 4.79. The Balaban J connectivity index is 1.42. The Kier molecular flexibility index (Phi) is 7.35. The molecular formula is C24H29ClN4O5S. The minimum absolute atomic E-state index is 0.0556. The Morgan fingerprint density at radius 2 is 1.80 bits per heavy atom. The Morgan fingerprint density at radius 1 is 1.09 bits per heavy atom. The Morgan fingerprint density at radius 3 is 2.54 bits per heavy atom. The number of nitrogens with one attached hydrogen (secondary N) is 2. The summed E-state index contributed by atoms with van der Waals surface area (Å²) in [5.74, 6) is -0.764. The number of amides is 3. The van der Waals surface area contributed by atoms with Gasteiger partial charge in [-0.25, -0.2) is 8.42 Å². The number of sulfonamides is 1. The van der Waals surface area contributed by atoms with Crippen LogP contribution in [0, 0.1) is 0 Å². The monoisotopic (exact) mass is 520 g/mol. The van der Waals surface area contributed by atoms with Crippen molar-refractivity contribution >= 4 is 50.1 Å². The van der Waals surface area contributed by atoms with Crippen molar-refractivity contribution in [1.29, 1.82) is 0 Å². The summed E-state index contributed by atoms with van der Waals surface area (Å²) >= 11 is 6.00. The summed E-state index contributed by atoms with van der Waals surface area (Å²) in [4.78, 5) is 40.7. The Labute approximate surface area is 209 Å². The van der Waals surface area contributed by atoms with Gasteiger partial charge in [0.2, 0.25) is 27.7 Å². The molecule has 2 fully saturated rings. The van der Waals surface area contributed by atoms with Gasteiger partial charge in [0.05, 0.1) is 4.90 Å². The number of benzene rings is 2. The van der Waals surface area contributed by atoms with Gasteiger partial charge < -0.3 is 15.1 Å². The standard InChI is InChI=1S/C24H29ClN4O5S/c1-15(23(31)28-10-3-4-20(14-28)26-16(2)30)29-11-9-22(24(29)32)27-35(33,34)21-8-6-17-12-19(25)7-5-18(17)13-21/h5-8,12-13,15,20,22,27H,3-4,9-11,14H2,1-2H3,(H,26,30). The summed E-state index contributed by atoms with van der Waals surface area (Å²) in [6.45, 7) is 4.34. The molecule has 0 aliphatic carbocycles. The zero-order chi connectivity index (χ0) is 25.3. The van der Waals surface area contributed by atoms with E-state index in [1.54, 1.807) is 42.2 Å². The summed E-state index contributed by atoms with van der Waals surface area (Å²) in [5, 5.41) is 4.93. The zero-order valence-electron chi connectivity index (χ0n) is 19.7. The molecule has 2 saturated heterocycles. The van der Waals surface area contributed by atoms with Crippen molar-refractivity contribution in [2.45, 2.75) is 56.1 Å². The highest BCUT2D eigenvalue weighted by Gasteiger charge is 2.40. The van der Waals surface area contributed by atoms with Gasteiger partial charge in [-0.3, -0.25) is 14.4 Å². The molecule has 0 radical (unpaired) electrons. The summed E-state index contributed by atoms with van der Waals surface area (Å²) < 4.78 is 28.5. The largest absolute Gasteiger partial charge is 0.352 e. The maximum Gasteiger partial charge on any atom is 0.245 e. The molecule has 3 unspecified atom stereocenters. The molecule has 2 N–H and O–H groups in total. The molecule has 2 aliphatic heterocycles. The predicted octanol–water partition coefficient (Wildman–Crippen LogP) is 1.89. The Bertz CT molecular complexity index is 1270. The molecule has 11 heteroatoms. The summed E-state index contributed by atoms with van der Waals surface area (Å²) in [7, 11) is -3.95. The van der Waals surface area contributed by atoms with Crippen LogP contribution < -0.4 is 10.0 Å². The van der Waals surface area contributed by atoms with Gasteiger partial charge in [-0.2, -0.15) is 4.72 Å². The van der Waals surface area contributed by atoms with Gasteiger partial charge in [0, 0.05) is 37.6 Å². The van der Waals surface area contributed by atoms with E-state index in [1.807, 2.05) is 0 Å². The van der Waals surface area contributed by atoms with E-state index in [0.29, 0.717) is 18.1 Å². The molecule has 2 heterocycles. The van der Waals surface area contributed by atoms with Crippen molar-refractivity contribution in [2.75, 3.05) is 19.6 Å². The topological polar surface area (TPSA) is 116 Å². The lowest BCUT2D eigenvalue weighted by Crippen LogP contribution is -2.55. The second kappa shape index (κ2) is 10.1. The Hall–Kier alpha value is -2.69. The SMILES string of the molecule is CC(=O)NC1CCCN(C(=O)C(C)N2CCC(NS(=O)(=O)c3ccc4cc(Cl)ccc4c3)C2=O)C1. The normalized spacial score (nSPS) is 21.9. The number of carbonyl (C=O) groups excluding carboxylic acids is 3. The molecular weight excluding hydrogens is 492 g/mol. The third-order valence-electron chi connectivity index (χ3n) is 6.59. The van der Waals surface area contributed by atoms with E-state index in [0.717, 1.165) is 23.6 Å². The van der Waals surface area contributed by atoms with Gasteiger partial charge in [-0.05, 0) is 61.2 Å². The van der Waals surface area contributed by atoms with Crippen LogP contribution in [-0.4, -0.2) is 73.7 Å². The first-order valence-corrected chi connectivity index (χ1v) is 13.5. The molecule has 2 aromatic carbocycles. The summed E-state index contributed by atoms with van der Waals surface area (Å²) in [5.41, 5.74) is 0. The number of rotatable bonds is 6. The number of carbonyl (C=O) groups is 3. The van der Waals surface area contributed by atoms with Gasteiger partial charge in [0.1, 0.15) is 12.1 Å². The van der Waals surface area contributed by atoms with E-state index in [4.69, 9.17) is 11.6 Å². The predicted molar refractivity (Wildman–Crippen MR) is 132 cm³/mol. The van der Waals surface area contributed by atoms with Gasteiger partial charge in [-0.15, -0.1) is 0 Å². The number of hydrogen-bond acceptors (Lipinski definition) is 5. The van der Waals surface area contributed by atoms with E-state index in [1.165, 1.54) is 17.9 Å². The fraction of sp³-hybridized carbons (Fsp3) is 0.458. The van der Waals surface area contributed by atoms with E-state index in [2.05, 4.69) is 10.0 Å². The quantitative estimate of drug-likeness (QED) is 0.603. The van der Waals surface area contributed by atoms with Crippen LogP contribution in [0.25, 0.3) is 10.8 Å². The van der Waals surface area contributed by atoms with Crippen LogP contribution in [0.3, 0.4) is 0 Å². The van der Waals surface area contributed by atoms with Crippen LogP contribution in [0.4, 0.5) is 0 Å². The van der Waals surface area contributed by atoms with Crippen molar-refractivity contribution in [2.24, 2.45) is 0 Å². The van der Waals surface area contributed by atoms with Crippen molar-refractivity contribution in [3.8, 4) is 0 Å². The maximum absolute atomic E-state index is 13.1. The molecule has 9 nitrogen and oxygen atoms in total. The van der Waals surface area contributed by atoms with Crippen molar-refractivity contribution < 1.29 is 22.8 Å². The van der Waals surface area contributed by atoms with Crippen LogP contribution in [0.15, 0.2) is 41.3 Å². The first kappa shape index (κ1) is 25.4. The second-order valence-corrected chi connectivity index (χ2v) is 11.3. The summed E-state index contributed by atoms with van der Waals surface area (Å²) in [6.07, 6.45) is 1.83. The third-order valence-corrected chi connectivity index (χ3v) is 8.29. The fourth-order valence-corrected chi connectivity index (χ4v) is 6.23. The molecule has 0 aromatic heterocycles. The molecule has 35 heavy (non-hydrogen) atoms. The zero-order valence-corrected chi connectivity index (χ0v) is 21.2. The highest BCUT2D eigenvalue weighted by atomic mass is 35.5. The average molecular weight is 521 g/mol. The first-order chi connectivity index (χ1) is 16.5. The van der Waals surface area contributed by atoms with Crippen molar-refractivity contribution in [3.05, 3.63) is 41.4 Å². The second-order valence-electron chi connectivity index (χ2n) is 9.15. The number of hydrogen-bond donors (Lipinski definition) is 2. The van der Waals surface area contributed by atoms with Crippen LogP contribution >= 0.6 is 11.6 Å². The highest BCUT2D eigenvalue weighted by molar-refractivity contribution is 7.89. The van der Waals surface area contributed by atoms with Gasteiger partial charge in [0.25, 0.3) is 0 Å². The van der Waals surface area contributed by atoms with Crippen molar-refractivity contribution in [3.63, 3.8) is 0 Å². The minimum atomic E-state index is -3.95. The highest BCUT2D eigenvalue weighted by Crippen LogP contribution is 2.24. The van der Waals surface area contributed by atoms with E-state index in [9.17, 15) is 22.8 Å². The summed E-state index contributed by atoms with van der Waals surface area (Å²) in [6, 6.07) is 8.09. The maximum atomic E-state index is 13.1. The van der Waals surface area contributed by atoms with Gasteiger partial charge in [0.15, 0.2) is 0 Å². The van der Waals surface area contributed by atoms with E-state index in [-0.39, 0.29) is 35.7 Å². The first-order valence-electron chi connectivity index (χ1n) is 11.6. The molecule has 2 aliphatic rings. The number of likely N-dealkylation sites (tertiary alicyclic amines) is 2. The molecule has 3 amide bonds. The van der Waals surface area contributed by atoms with Gasteiger partial charge in [-0.1, -0.05) is 23.7 Å². The van der Waals surface area contributed by atoms with Gasteiger partial charge >= 0.3 is 0 Å². The van der Waals surface area contributed by atoms with Crippen LogP contribution in [-0.2, 0) is 24.4 Å². The van der Waals surface area contributed by atoms with E-state index < -0.39 is 28.0 Å². The lowest BCUT2D eigenvalue weighted by atomic mass is 10.0. The lowest BCUT2D eigenvalue weighted by molar-refractivity contribution is -0.144. The number of fused-ring (bicyclic) bond motifs is 1. The number of nitrogens with zero attached hydrogens (tertiary/aromatic N) is 2. The lowest BCUT2D eigenvalue weighted by Gasteiger charge is -2.36. The van der Waals surface area contributed by atoms with Crippen LogP contribution in [0.1, 0.15) is 33.1 Å². The van der Waals surface area contributed by atoms with E-state index >= 15 is 0 Å². The number of piperidine rings is 1. The molecule has 0 saturated carbocycles. The molecule has 2 aromatic rings.